The Hall–Kier alpha value is -2.14. The lowest BCUT2D eigenvalue weighted by Crippen LogP contribution is -2.18. The van der Waals surface area contributed by atoms with Crippen LogP contribution in [0.5, 0.6) is 0 Å². The Labute approximate surface area is 121 Å². The van der Waals surface area contributed by atoms with Gasteiger partial charge in [0, 0.05) is 10.8 Å². The molecule has 0 aliphatic rings. The van der Waals surface area contributed by atoms with Crippen LogP contribution in [0, 0.1) is 5.92 Å². The first-order chi connectivity index (χ1) is 9.49. The van der Waals surface area contributed by atoms with Crippen molar-refractivity contribution in [1.29, 1.82) is 0 Å². The third-order valence-corrected chi connectivity index (χ3v) is 3.88. The van der Waals surface area contributed by atoms with Gasteiger partial charge in [0.2, 0.25) is 5.91 Å². The molecular formula is C15H15NO3S. The minimum Gasteiger partial charge on any atom is -0.478 e. The highest BCUT2D eigenvalue weighted by molar-refractivity contribution is 7.20. The second-order valence-corrected chi connectivity index (χ2v) is 5.72. The molecule has 1 amide bonds. The fraction of sp³-hybridized carbons (Fsp3) is 0.200. The Kier molecular flexibility index (Phi) is 4.20. The lowest BCUT2D eigenvalue weighted by molar-refractivity contribution is -0.118. The zero-order valence-corrected chi connectivity index (χ0v) is 12.0. The number of carbonyl (C=O) groups excluding carboxylic acids is 1. The van der Waals surface area contributed by atoms with Crippen molar-refractivity contribution in [3.63, 3.8) is 0 Å². The highest BCUT2D eigenvalue weighted by Crippen LogP contribution is 2.35. The smallest absolute Gasteiger partial charge is 0.338 e. The van der Waals surface area contributed by atoms with Crippen molar-refractivity contribution in [2.24, 2.45) is 5.92 Å². The lowest BCUT2D eigenvalue weighted by atomic mass is 10.1. The van der Waals surface area contributed by atoms with Crippen LogP contribution in [0.25, 0.3) is 10.4 Å². The molecule has 104 valence electrons. The molecule has 0 unspecified atom stereocenters. The fourth-order valence-electron chi connectivity index (χ4n) is 1.64. The highest BCUT2D eigenvalue weighted by Gasteiger charge is 2.19. The normalized spacial score (nSPS) is 10.6. The summed E-state index contributed by atoms with van der Waals surface area (Å²) in [5.74, 6) is -1.42. The van der Waals surface area contributed by atoms with Crippen molar-refractivity contribution in [2.75, 3.05) is 5.32 Å². The summed E-state index contributed by atoms with van der Waals surface area (Å²) >= 11 is 1.27. The third-order valence-electron chi connectivity index (χ3n) is 2.78. The molecule has 20 heavy (non-hydrogen) atoms. The molecule has 1 aromatic carbocycles. The van der Waals surface area contributed by atoms with E-state index >= 15 is 0 Å². The predicted molar refractivity (Wildman–Crippen MR) is 80.2 cm³/mol. The van der Waals surface area contributed by atoms with Gasteiger partial charge in [-0.3, -0.25) is 4.79 Å². The number of hydrogen-bond acceptors (Lipinski definition) is 3. The van der Waals surface area contributed by atoms with E-state index in [1.54, 1.807) is 19.9 Å². The maximum absolute atomic E-state index is 11.7. The van der Waals surface area contributed by atoms with Gasteiger partial charge < -0.3 is 10.4 Å². The Balaban J connectivity index is 2.39. The molecular weight excluding hydrogens is 274 g/mol. The van der Waals surface area contributed by atoms with E-state index in [2.05, 4.69) is 5.32 Å². The molecule has 2 aromatic rings. The summed E-state index contributed by atoms with van der Waals surface area (Å²) in [6.07, 6.45) is 0. The van der Waals surface area contributed by atoms with Crippen LogP contribution in [0.3, 0.4) is 0 Å². The van der Waals surface area contributed by atoms with Crippen LogP contribution in [0.15, 0.2) is 36.4 Å². The van der Waals surface area contributed by atoms with Gasteiger partial charge >= 0.3 is 5.97 Å². The van der Waals surface area contributed by atoms with Crippen LogP contribution in [0.4, 0.5) is 5.00 Å². The van der Waals surface area contributed by atoms with Gasteiger partial charge in [0.25, 0.3) is 0 Å². The third kappa shape index (κ3) is 3.05. The Bertz CT molecular complexity index is 632. The monoisotopic (exact) mass is 289 g/mol. The van der Waals surface area contributed by atoms with Crippen LogP contribution in [0.1, 0.15) is 24.2 Å². The Morgan fingerprint density at radius 3 is 2.40 bits per heavy atom. The van der Waals surface area contributed by atoms with Gasteiger partial charge in [-0.05, 0) is 11.6 Å². The van der Waals surface area contributed by atoms with E-state index in [0.717, 1.165) is 10.4 Å². The molecule has 0 atom stereocenters. The molecule has 0 aliphatic heterocycles. The van der Waals surface area contributed by atoms with Crippen molar-refractivity contribution in [3.8, 4) is 10.4 Å². The number of rotatable bonds is 4. The summed E-state index contributed by atoms with van der Waals surface area (Å²) in [6.45, 7) is 3.53. The van der Waals surface area contributed by atoms with E-state index < -0.39 is 5.97 Å². The quantitative estimate of drug-likeness (QED) is 0.901. The number of benzene rings is 1. The number of thiophene rings is 1. The topological polar surface area (TPSA) is 66.4 Å². The number of aromatic carboxylic acids is 1. The average molecular weight is 289 g/mol. The molecule has 1 aromatic heterocycles. The van der Waals surface area contributed by atoms with Crippen molar-refractivity contribution >= 4 is 28.2 Å². The molecule has 0 aliphatic carbocycles. The van der Waals surface area contributed by atoms with E-state index in [1.807, 2.05) is 30.3 Å². The van der Waals surface area contributed by atoms with E-state index in [4.69, 9.17) is 0 Å². The summed E-state index contributed by atoms with van der Waals surface area (Å²) in [5.41, 5.74) is 1.06. The second kappa shape index (κ2) is 5.88. The summed E-state index contributed by atoms with van der Waals surface area (Å²) < 4.78 is 0. The first-order valence-corrected chi connectivity index (χ1v) is 7.04. The number of nitrogens with one attached hydrogen (secondary N) is 1. The first-order valence-electron chi connectivity index (χ1n) is 6.22. The average Bonchev–Trinajstić information content (AvgIpc) is 2.83. The second-order valence-electron chi connectivity index (χ2n) is 4.67. The van der Waals surface area contributed by atoms with E-state index in [9.17, 15) is 14.7 Å². The Morgan fingerprint density at radius 1 is 1.20 bits per heavy atom. The maximum atomic E-state index is 11.7. The zero-order chi connectivity index (χ0) is 14.7. The number of amides is 1. The molecule has 2 rings (SSSR count). The molecule has 1 heterocycles. The van der Waals surface area contributed by atoms with Crippen LogP contribution in [-0.2, 0) is 4.79 Å². The number of carboxylic acids is 1. The largest absolute Gasteiger partial charge is 0.478 e. The van der Waals surface area contributed by atoms with E-state index in [-0.39, 0.29) is 17.4 Å². The predicted octanol–water partition coefficient (Wildman–Crippen LogP) is 3.71. The number of carbonyl (C=O) groups is 2. The van der Waals surface area contributed by atoms with Crippen molar-refractivity contribution in [3.05, 3.63) is 42.0 Å². The van der Waals surface area contributed by atoms with Crippen molar-refractivity contribution in [2.45, 2.75) is 13.8 Å². The number of anilines is 1. The van der Waals surface area contributed by atoms with Gasteiger partial charge in [-0.1, -0.05) is 44.2 Å². The maximum Gasteiger partial charge on any atom is 0.338 e. The zero-order valence-electron chi connectivity index (χ0n) is 11.2. The van der Waals surface area contributed by atoms with Crippen LogP contribution in [-0.4, -0.2) is 17.0 Å². The molecule has 0 fully saturated rings. The van der Waals surface area contributed by atoms with Crippen LogP contribution < -0.4 is 5.32 Å². The van der Waals surface area contributed by atoms with Gasteiger partial charge in [0.05, 0.1) is 5.56 Å². The number of carboxylic acid groups (broad SMARTS) is 1. The van der Waals surface area contributed by atoms with Gasteiger partial charge in [0.1, 0.15) is 5.00 Å². The molecule has 4 nitrogen and oxygen atoms in total. The highest BCUT2D eigenvalue weighted by atomic mass is 32.1. The molecule has 0 saturated carbocycles. The summed E-state index contributed by atoms with van der Waals surface area (Å²) in [4.78, 5) is 23.8. The van der Waals surface area contributed by atoms with Crippen molar-refractivity contribution in [1.82, 2.24) is 0 Å². The molecule has 5 heteroatoms. The van der Waals surface area contributed by atoms with E-state index in [0.29, 0.717) is 5.00 Å². The van der Waals surface area contributed by atoms with Gasteiger partial charge in [0.15, 0.2) is 0 Å². The van der Waals surface area contributed by atoms with E-state index in [1.165, 1.54) is 11.3 Å². The van der Waals surface area contributed by atoms with Gasteiger partial charge in [-0.25, -0.2) is 4.79 Å². The molecule has 2 N–H and O–H groups in total. The SMILES string of the molecule is CC(C)C(=O)Nc1sc(-c2ccccc2)cc1C(=O)O. The summed E-state index contributed by atoms with van der Waals surface area (Å²) in [5, 5.41) is 12.3. The lowest BCUT2D eigenvalue weighted by Gasteiger charge is -2.06. The van der Waals surface area contributed by atoms with Crippen LogP contribution >= 0.6 is 11.3 Å². The molecule has 0 saturated heterocycles. The Morgan fingerprint density at radius 2 is 1.85 bits per heavy atom. The van der Waals surface area contributed by atoms with Gasteiger partial charge in [-0.2, -0.15) is 0 Å². The first kappa shape index (κ1) is 14.3. The fourth-order valence-corrected chi connectivity index (χ4v) is 2.70. The van der Waals surface area contributed by atoms with Crippen molar-refractivity contribution < 1.29 is 14.7 Å². The molecule has 0 spiro atoms. The van der Waals surface area contributed by atoms with Gasteiger partial charge in [-0.15, -0.1) is 11.3 Å². The molecule has 0 bridgehead atoms. The number of hydrogen-bond donors (Lipinski definition) is 2. The molecule has 0 radical (unpaired) electrons. The summed E-state index contributed by atoms with van der Waals surface area (Å²) in [7, 11) is 0. The standard InChI is InChI=1S/C15H15NO3S/c1-9(2)13(17)16-14-11(15(18)19)8-12(20-14)10-6-4-3-5-7-10/h3-9H,1-2H3,(H,16,17)(H,18,19). The van der Waals surface area contributed by atoms with Crippen LogP contribution in [0.2, 0.25) is 0 Å². The summed E-state index contributed by atoms with van der Waals surface area (Å²) in [6, 6.07) is 11.1. The minimum atomic E-state index is -1.04. The minimum absolute atomic E-state index is 0.128.